The second-order valence-electron chi connectivity index (χ2n) is 9.13. The van der Waals surface area contributed by atoms with E-state index < -0.39 is 5.97 Å². The molecule has 2 rings (SSSR count). The molecule has 0 amide bonds. The molecule has 0 fully saturated rings. The van der Waals surface area contributed by atoms with Gasteiger partial charge in [-0.3, -0.25) is 0 Å². The van der Waals surface area contributed by atoms with E-state index in [4.69, 9.17) is 5.11 Å². The largest absolute Gasteiger partial charge is 0.507 e. The molecular weight excluding hydrogens is 336 g/mol. The van der Waals surface area contributed by atoms with Crippen molar-refractivity contribution in [3.8, 4) is 5.75 Å². The molecule has 144 valence electrons. The molecule has 0 saturated carbocycles. The van der Waals surface area contributed by atoms with Gasteiger partial charge in [0.1, 0.15) is 5.75 Å². The van der Waals surface area contributed by atoms with E-state index in [1.54, 1.807) is 6.08 Å². The highest BCUT2D eigenvalue weighted by atomic mass is 16.4. The number of carboxylic acid groups (broad SMARTS) is 1. The van der Waals surface area contributed by atoms with Gasteiger partial charge >= 0.3 is 5.97 Å². The highest BCUT2D eigenvalue weighted by molar-refractivity contribution is 5.85. The number of hydrogen-bond acceptors (Lipinski definition) is 2. The van der Waals surface area contributed by atoms with Crippen molar-refractivity contribution in [1.29, 1.82) is 0 Å². The van der Waals surface area contributed by atoms with E-state index >= 15 is 0 Å². The summed E-state index contributed by atoms with van der Waals surface area (Å²) in [5, 5.41) is 19.6. The van der Waals surface area contributed by atoms with Crippen LogP contribution in [0.25, 0.3) is 6.08 Å². The van der Waals surface area contributed by atoms with Gasteiger partial charge in [0.15, 0.2) is 0 Å². The Labute approximate surface area is 162 Å². The lowest BCUT2D eigenvalue weighted by Crippen LogP contribution is -2.18. The van der Waals surface area contributed by atoms with Gasteiger partial charge in [-0.25, -0.2) is 4.79 Å². The first-order valence-corrected chi connectivity index (χ1v) is 9.25. The Morgan fingerprint density at radius 2 is 1.37 bits per heavy atom. The lowest BCUT2D eigenvalue weighted by atomic mass is 9.78. The van der Waals surface area contributed by atoms with E-state index in [0.717, 1.165) is 40.3 Å². The van der Waals surface area contributed by atoms with Crippen LogP contribution in [0, 0.1) is 0 Å². The van der Waals surface area contributed by atoms with Crippen LogP contribution in [0.1, 0.15) is 69.4 Å². The predicted octanol–water partition coefficient (Wildman–Crippen LogP) is 5.68. The molecule has 27 heavy (non-hydrogen) atoms. The number of aromatic hydroxyl groups is 1. The Hall–Kier alpha value is -2.55. The molecule has 0 bridgehead atoms. The number of phenols is 1. The number of phenolic OH excluding ortho intramolecular Hbond substituents is 1. The lowest BCUT2D eigenvalue weighted by molar-refractivity contribution is -0.131. The van der Waals surface area contributed by atoms with Crippen LogP contribution in [0.15, 0.2) is 42.5 Å². The molecule has 0 spiro atoms. The van der Waals surface area contributed by atoms with Crippen LogP contribution in [-0.2, 0) is 22.0 Å². The summed E-state index contributed by atoms with van der Waals surface area (Å²) in [5.41, 5.74) is 4.80. The minimum atomic E-state index is -0.951. The third-order valence-electron chi connectivity index (χ3n) is 4.59. The fraction of sp³-hybridized carbons (Fsp3) is 0.375. The summed E-state index contributed by atoms with van der Waals surface area (Å²) in [6.45, 7) is 12.7. The first kappa shape index (κ1) is 20.8. The molecule has 0 saturated heterocycles. The topological polar surface area (TPSA) is 57.5 Å². The zero-order chi connectivity index (χ0) is 20.4. The van der Waals surface area contributed by atoms with Gasteiger partial charge in [-0.2, -0.15) is 0 Å². The molecule has 2 aromatic rings. The van der Waals surface area contributed by atoms with Gasteiger partial charge < -0.3 is 10.2 Å². The third-order valence-corrected chi connectivity index (χ3v) is 4.59. The molecule has 0 atom stereocenters. The highest BCUT2D eigenvalue weighted by Crippen LogP contribution is 2.40. The van der Waals surface area contributed by atoms with Gasteiger partial charge in [-0.15, -0.1) is 0 Å². The van der Waals surface area contributed by atoms with Crippen molar-refractivity contribution in [3.63, 3.8) is 0 Å². The minimum Gasteiger partial charge on any atom is -0.507 e. The van der Waals surface area contributed by atoms with Gasteiger partial charge in [0.2, 0.25) is 0 Å². The van der Waals surface area contributed by atoms with Gasteiger partial charge in [-0.1, -0.05) is 77.9 Å². The SMILES string of the molecule is CC(C)(C)c1cc(Cc2ccc(C=CC(=O)O)cc2)cc(C(C)(C)C)c1O. The number of rotatable bonds is 4. The molecule has 3 heteroatoms. The first-order valence-electron chi connectivity index (χ1n) is 9.25. The van der Waals surface area contributed by atoms with E-state index in [2.05, 4.69) is 53.7 Å². The van der Waals surface area contributed by atoms with Crippen molar-refractivity contribution in [2.24, 2.45) is 0 Å². The fourth-order valence-corrected chi connectivity index (χ4v) is 3.09. The first-order chi connectivity index (χ1) is 12.4. The smallest absolute Gasteiger partial charge is 0.328 e. The fourth-order valence-electron chi connectivity index (χ4n) is 3.09. The summed E-state index contributed by atoms with van der Waals surface area (Å²) in [4.78, 5) is 10.6. The predicted molar refractivity (Wildman–Crippen MR) is 111 cm³/mol. The number of carboxylic acids is 1. The Kier molecular flexibility index (Phi) is 5.84. The number of carbonyl (C=O) groups is 1. The summed E-state index contributed by atoms with van der Waals surface area (Å²) < 4.78 is 0. The Morgan fingerprint density at radius 3 is 1.78 bits per heavy atom. The zero-order valence-corrected chi connectivity index (χ0v) is 17.1. The van der Waals surface area contributed by atoms with E-state index in [1.807, 2.05) is 24.3 Å². The van der Waals surface area contributed by atoms with Crippen molar-refractivity contribution in [2.45, 2.75) is 58.8 Å². The molecule has 3 nitrogen and oxygen atoms in total. The van der Waals surface area contributed by atoms with Gasteiger partial charge in [0, 0.05) is 6.08 Å². The average molecular weight is 367 g/mol. The van der Waals surface area contributed by atoms with Crippen molar-refractivity contribution >= 4 is 12.0 Å². The summed E-state index contributed by atoms with van der Waals surface area (Å²) in [7, 11) is 0. The molecular formula is C24H30O3. The Morgan fingerprint density at radius 1 is 0.889 bits per heavy atom. The molecule has 0 aliphatic heterocycles. The van der Waals surface area contributed by atoms with Crippen molar-refractivity contribution in [2.75, 3.05) is 0 Å². The van der Waals surface area contributed by atoms with Crippen LogP contribution in [0.2, 0.25) is 0 Å². The standard InChI is InChI=1S/C24H30O3/c1-23(2,3)19-14-18(15-20(22(19)27)24(4,5)6)13-17-9-7-16(8-10-17)11-12-21(25)26/h7-12,14-15,27H,13H2,1-6H3,(H,25,26). The number of hydrogen-bond donors (Lipinski definition) is 2. The normalized spacial score (nSPS) is 12.5. The third kappa shape index (κ3) is 5.46. The van der Waals surface area contributed by atoms with Crippen molar-refractivity contribution in [1.82, 2.24) is 0 Å². The van der Waals surface area contributed by atoms with Crippen LogP contribution in [-0.4, -0.2) is 16.2 Å². The van der Waals surface area contributed by atoms with E-state index in [9.17, 15) is 9.90 Å². The molecule has 0 heterocycles. The molecule has 2 N–H and O–H groups in total. The second-order valence-corrected chi connectivity index (χ2v) is 9.13. The van der Waals surface area contributed by atoms with Crippen molar-refractivity contribution in [3.05, 3.63) is 70.3 Å². The van der Waals surface area contributed by atoms with Crippen LogP contribution in [0.4, 0.5) is 0 Å². The second kappa shape index (κ2) is 7.59. The maximum Gasteiger partial charge on any atom is 0.328 e. The summed E-state index contributed by atoms with van der Waals surface area (Å²) >= 11 is 0. The molecule has 0 aliphatic carbocycles. The van der Waals surface area contributed by atoms with E-state index in [0.29, 0.717) is 5.75 Å². The number of aliphatic carboxylic acids is 1. The van der Waals surface area contributed by atoms with Crippen LogP contribution >= 0.6 is 0 Å². The van der Waals surface area contributed by atoms with E-state index in [-0.39, 0.29) is 10.8 Å². The van der Waals surface area contributed by atoms with Crippen molar-refractivity contribution < 1.29 is 15.0 Å². The molecule has 0 aliphatic rings. The lowest BCUT2D eigenvalue weighted by Gasteiger charge is -2.28. The maximum atomic E-state index is 10.8. The quantitative estimate of drug-likeness (QED) is 0.685. The maximum absolute atomic E-state index is 10.8. The zero-order valence-electron chi connectivity index (χ0n) is 17.1. The van der Waals surface area contributed by atoms with Crippen LogP contribution in [0.5, 0.6) is 5.75 Å². The highest BCUT2D eigenvalue weighted by Gasteiger charge is 2.26. The minimum absolute atomic E-state index is 0.147. The summed E-state index contributed by atoms with van der Waals surface area (Å²) in [6.07, 6.45) is 3.48. The summed E-state index contributed by atoms with van der Waals surface area (Å²) in [5.74, 6) is -0.555. The summed E-state index contributed by atoms with van der Waals surface area (Å²) in [6, 6.07) is 12.1. The monoisotopic (exact) mass is 366 g/mol. The van der Waals surface area contributed by atoms with Gasteiger partial charge in [0.25, 0.3) is 0 Å². The van der Waals surface area contributed by atoms with Gasteiger partial charge in [-0.05, 0) is 51.1 Å². The van der Waals surface area contributed by atoms with E-state index in [1.165, 1.54) is 0 Å². The van der Waals surface area contributed by atoms with Crippen LogP contribution in [0.3, 0.4) is 0 Å². The molecule has 2 aromatic carbocycles. The molecule has 0 unspecified atom stereocenters. The average Bonchev–Trinajstić information content (AvgIpc) is 2.53. The Balaban J connectivity index is 2.40. The van der Waals surface area contributed by atoms with Gasteiger partial charge in [0.05, 0.1) is 0 Å². The number of benzene rings is 2. The van der Waals surface area contributed by atoms with Crippen LogP contribution < -0.4 is 0 Å². The molecule has 0 aromatic heterocycles. The Bertz CT molecular complexity index is 810. The molecule has 0 radical (unpaired) electrons.